The SMILES string of the molecule is CC1=C(C(=O)Nc2ccccc2)C(c2ccc(F)cc2)n2c(sc(=Cc3cccc(Cl)c3Cl)c2=O)=N1. The summed E-state index contributed by atoms with van der Waals surface area (Å²) in [6.45, 7) is 1.72. The number of carbonyl (C=O) groups excluding carboxylic acids is 1. The van der Waals surface area contributed by atoms with Gasteiger partial charge >= 0.3 is 0 Å². The Morgan fingerprint density at radius 2 is 1.78 bits per heavy atom. The molecule has 1 aliphatic rings. The van der Waals surface area contributed by atoms with Crippen LogP contribution in [0.15, 0.2) is 93.9 Å². The number of hydrogen-bond acceptors (Lipinski definition) is 4. The molecule has 9 heteroatoms. The Bertz CT molecular complexity index is 1690. The molecule has 1 amide bonds. The number of nitrogens with one attached hydrogen (secondary N) is 1. The first-order valence-electron chi connectivity index (χ1n) is 10.9. The topological polar surface area (TPSA) is 63.5 Å². The van der Waals surface area contributed by atoms with Gasteiger partial charge in [-0.3, -0.25) is 14.2 Å². The summed E-state index contributed by atoms with van der Waals surface area (Å²) >= 11 is 13.7. The van der Waals surface area contributed by atoms with Crippen molar-refractivity contribution in [2.75, 3.05) is 5.32 Å². The van der Waals surface area contributed by atoms with Crippen molar-refractivity contribution in [3.8, 4) is 0 Å². The van der Waals surface area contributed by atoms with Crippen LogP contribution in [0.3, 0.4) is 0 Å². The van der Waals surface area contributed by atoms with Crippen LogP contribution in [-0.4, -0.2) is 10.5 Å². The highest BCUT2D eigenvalue weighted by Crippen LogP contribution is 2.31. The first-order valence-corrected chi connectivity index (χ1v) is 12.5. The maximum atomic E-state index is 13.8. The maximum Gasteiger partial charge on any atom is 0.271 e. The quantitative estimate of drug-likeness (QED) is 0.383. The number of rotatable bonds is 4. The van der Waals surface area contributed by atoms with Crippen molar-refractivity contribution in [2.45, 2.75) is 13.0 Å². The van der Waals surface area contributed by atoms with Gasteiger partial charge in [0, 0.05) is 5.69 Å². The minimum atomic E-state index is -0.803. The van der Waals surface area contributed by atoms with Crippen LogP contribution in [0.2, 0.25) is 10.0 Å². The molecule has 5 nitrogen and oxygen atoms in total. The first-order chi connectivity index (χ1) is 17.3. The lowest BCUT2D eigenvalue weighted by Gasteiger charge is -2.25. The summed E-state index contributed by atoms with van der Waals surface area (Å²) in [5.41, 5.74) is 2.19. The Kier molecular flexibility index (Phi) is 6.62. The van der Waals surface area contributed by atoms with Crippen LogP contribution in [0, 0.1) is 5.82 Å². The predicted molar refractivity (Wildman–Crippen MR) is 142 cm³/mol. The number of para-hydroxylation sites is 1. The summed E-state index contributed by atoms with van der Waals surface area (Å²) in [5.74, 6) is -0.818. The highest BCUT2D eigenvalue weighted by Gasteiger charge is 2.32. The van der Waals surface area contributed by atoms with Crippen molar-refractivity contribution in [1.82, 2.24) is 4.57 Å². The van der Waals surface area contributed by atoms with Crippen LogP contribution in [-0.2, 0) is 4.79 Å². The molecule has 180 valence electrons. The van der Waals surface area contributed by atoms with Gasteiger partial charge in [0.1, 0.15) is 5.82 Å². The molecule has 1 aromatic heterocycles. The molecule has 3 aromatic carbocycles. The fourth-order valence-corrected chi connectivity index (χ4v) is 5.47. The lowest BCUT2D eigenvalue weighted by molar-refractivity contribution is -0.113. The zero-order valence-electron chi connectivity index (χ0n) is 18.8. The Morgan fingerprint density at radius 1 is 1.06 bits per heavy atom. The molecule has 2 heterocycles. The van der Waals surface area contributed by atoms with E-state index in [1.807, 2.05) is 18.2 Å². The van der Waals surface area contributed by atoms with E-state index in [0.717, 1.165) is 0 Å². The molecular formula is C27H18Cl2FN3O2S. The van der Waals surface area contributed by atoms with Crippen molar-refractivity contribution in [3.63, 3.8) is 0 Å². The van der Waals surface area contributed by atoms with E-state index < -0.39 is 17.8 Å². The van der Waals surface area contributed by atoms with Gasteiger partial charge in [-0.25, -0.2) is 9.38 Å². The third-order valence-electron chi connectivity index (χ3n) is 5.75. The summed E-state index contributed by atoms with van der Waals surface area (Å²) < 4.78 is 15.6. The van der Waals surface area contributed by atoms with E-state index in [4.69, 9.17) is 23.2 Å². The van der Waals surface area contributed by atoms with E-state index in [1.165, 1.54) is 28.0 Å². The van der Waals surface area contributed by atoms with Crippen LogP contribution in [0.25, 0.3) is 6.08 Å². The highest BCUT2D eigenvalue weighted by atomic mass is 35.5. The molecule has 0 radical (unpaired) electrons. The monoisotopic (exact) mass is 537 g/mol. The zero-order valence-corrected chi connectivity index (χ0v) is 21.2. The molecule has 1 aliphatic heterocycles. The van der Waals surface area contributed by atoms with Crippen molar-refractivity contribution >= 4 is 52.2 Å². The molecule has 0 aliphatic carbocycles. The number of amides is 1. The van der Waals surface area contributed by atoms with E-state index in [1.54, 1.807) is 55.5 Å². The van der Waals surface area contributed by atoms with E-state index in [0.29, 0.717) is 47.5 Å². The van der Waals surface area contributed by atoms with Crippen molar-refractivity contribution < 1.29 is 9.18 Å². The summed E-state index contributed by atoms with van der Waals surface area (Å²) in [6.07, 6.45) is 1.66. The Balaban J connectivity index is 1.69. The van der Waals surface area contributed by atoms with E-state index in [9.17, 15) is 14.0 Å². The molecular weight excluding hydrogens is 520 g/mol. The molecule has 0 spiro atoms. The molecule has 1 unspecified atom stereocenters. The number of allylic oxidation sites excluding steroid dienone is 1. The van der Waals surface area contributed by atoms with Crippen LogP contribution < -0.4 is 20.2 Å². The van der Waals surface area contributed by atoms with Crippen LogP contribution in [0.1, 0.15) is 24.1 Å². The van der Waals surface area contributed by atoms with Gasteiger partial charge in [-0.2, -0.15) is 0 Å². The zero-order chi connectivity index (χ0) is 25.4. The Morgan fingerprint density at radius 3 is 2.50 bits per heavy atom. The van der Waals surface area contributed by atoms with Gasteiger partial charge in [-0.05, 0) is 54.5 Å². The molecule has 0 saturated heterocycles. The third-order valence-corrected chi connectivity index (χ3v) is 7.57. The number of benzene rings is 3. The second-order valence-corrected chi connectivity index (χ2v) is 9.89. The molecule has 36 heavy (non-hydrogen) atoms. The molecule has 5 rings (SSSR count). The Hall–Kier alpha value is -3.52. The van der Waals surface area contributed by atoms with E-state index >= 15 is 0 Å². The van der Waals surface area contributed by atoms with Gasteiger partial charge in [0.2, 0.25) is 0 Å². The lowest BCUT2D eigenvalue weighted by Crippen LogP contribution is -2.40. The van der Waals surface area contributed by atoms with E-state index in [2.05, 4.69) is 10.3 Å². The minimum Gasteiger partial charge on any atom is -0.322 e. The van der Waals surface area contributed by atoms with Gasteiger partial charge in [-0.1, -0.05) is 77.0 Å². The molecule has 1 N–H and O–H groups in total. The number of hydrogen-bond donors (Lipinski definition) is 1. The lowest BCUT2D eigenvalue weighted by atomic mass is 9.95. The normalized spacial score (nSPS) is 15.4. The van der Waals surface area contributed by atoms with Crippen LogP contribution >= 0.6 is 34.5 Å². The number of anilines is 1. The Labute approximate surface area is 219 Å². The number of carbonyl (C=O) groups is 1. The molecule has 0 saturated carbocycles. The van der Waals surface area contributed by atoms with Gasteiger partial charge < -0.3 is 5.32 Å². The minimum absolute atomic E-state index is 0.296. The molecule has 0 bridgehead atoms. The average Bonchev–Trinajstić information content (AvgIpc) is 3.16. The van der Waals surface area contributed by atoms with Crippen molar-refractivity contribution in [2.24, 2.45) is 4.99 Å². The summed E-state index contributed by atoms with van der Waals surface area (Å²) in [6, 6.07) is 19.1. The van der Waals surface area contributed by atoms with Crippen LogP contribution in [0.5, 0.6) is 0 Å². The van der Waals surface area contributed by atoms with Crippen molar-refractivity contribution in [1.29, 1.82) is 0 Å². The van der Waals surface area contributed by atoms with Gasteiger partial charge in [0.15, 0.2) is 4.80 Å². The summed E-state index contributed by atoms with van der Waals surface area (Å²) in [5, 5.41) is 3.59. The molecule has 1 atom stereocenters. The molecule has 0 fully saturated rings. The number of aromatic nitrogens is 1. The molecule has 4 aromatic rings. The standard InChI is InChI=1S/C27H18Cl2FN3O2S/c1-15-22(25(34)32-19-7-3-2-4-8-19)24(16-10-12-18(30)13-11-16)33-26(35)21(36-27(33)31-15)14-17-6-5-9-20(28)23(17)29/h2-14,24H,1H3,(H,32,34). The van der Waals surface area contributed by atoms with Gasteiger partial charge in [-0.15, -0.1) is 0 Å². The largest absolute Gasteiger partial charge is 0.322 e. The summed E-state index contributed by atoms with van der Waals surface area (Å²) in [4.78, 5) is 32.2. The fraction of sp³-hybridized carbons (Fsp3) is 0.0741. The number of fused-ring (bicyclic) bond motifs is 1. The summed E-state index contributed by atoms with van der Waals surface area (Å²) in [7, 11) is 0. The second kappa shape index (κ2) is 9.85. The average molecular weight is 538 g/mol. The van der Waals surface area contributed by atoms with Gasteiger partial charge in [0.25, 0.3) is 11.5 Å². The number of halogens is 3. The first kappa shape index (κ1) is 24.2. The predicted octanol–water partition coefficient (Wildman–Crippen LogP) is 5.32. The van der Waals surface area contributed by atoms with Crippen molar-refractivity contribution in [3.05, 3.63) is 131 Å². The fourth-order valence-electron chi connectivity index (χ4n) is 4.07. The second-order valence-electron chi connectivity index (χ2n) is 8.10. The number of thiazole rings is 1. The highest BCUT2D eigenvalue weighted by molar-refractivity contribution is 7.07. The number of nitrogens with zero attached hydrogens (tertiary/aromatic N) is 2. The maximum absolute atomic E-state index is 13.8. The third kappa shape index (κ3) is 4.53. The smallest absolute Gasteiger partial charge is 0.271 e. The van der Waals surface area contributed by atoms with Gasteiger partial charge in [0.05, 0.1) is 31.9 Å². The van der Waals surface area contributed by atoms with Crippen LogP contribution in [0.4, 0.5) is 10.1 Å². The van der Waals surface area contributed by atoms with E-state index in [-0.39, 0.29) is 5.56 Å².